The SMILES string of the molecule is C=CCNC(=O)C(=O)C(C/C=C/C)NC(=O)[C@@H]1[C@@H]2[C@H](CN1C(=O)[C@@H](NC(=O)OC(C)(C)C)C(C)(C)C)C2(C)C. The number of nitrogens with one attached hydrogen (secondary N) is 3. The first-order valence-electron chi connectivity index (χ1n) is 13.5. The molecule has 3 N–H and O–H groups in total. The van der Waals surface area contributed by atoms with Crippen molar-refractivity contribution in [1.29, 1.82) is 0 Å². The maximum atomic E-state index is 13.9. The van der Waals surface area contributed by atoms with E-state index in [1.807, 2.05) is 20.8 Å². The van der Waals surface area contributed by atoms with Crippen molar-refractivity contribution >= 4 is 29.6 Å². The summed E-state index contributed by atoms with van der Waals surface area (Å²) in [6, 6.07) is -2.89. The van der Waals surface area contributed by atoms with Crippen molar-refractivity contribution < 1.29 is 28.7 Å². The fourth-order valence-electron chi connectivity index (χ4n) is 5.22. The van der Waals surface area contributed by atoms with Crippen molar-refractivity contribution in [3.8, 4) is 0 Å². The average Bonchev–Trinajstić information content (AvgIpc) is 3.14. The molecule has 1 aliphatic heterocycles. The van der Waals surface area contributed by atoms with Crippen LogP contribution in [0.3, 0.4) is 0 Å². The third-order valence-corrected chi connectivity index (χ3v) is 7.41. The van der Waals surface area contributed by atoms with Gasteiger partial charge in [0.1, 0.15) is 23.7 Å². The van der Waals surface area contributed by atoms with E-state index in [0.29, 0.717) is 6.54 Å². The molecular formula is C29H46N4O6. The number of hydrogen-bond donors (Lipinski definition) is 3. The van der Waals surface area contributed by atoms with E-state index in [0.717, 1.165) is 0 Å². The standard InChI is InChI=1S/C29H46N4O6/c1-11-13-14-18(21(34)24(36)30-15-12-2)31-23(35)20-19-17(29(19,9)10)16-33(20)25(37)22(27(3,4)5)32-26(38)39-28(6,7)8/h11-13,17-20,22H,2,14-16H2,1,3-10H3,(H,30,36)(H,31,35)(H,32,38)/b13-11+/t17-,18?,19-,20-,22+/m0/s1. The highest BCUT2D eigenvalue weighted by Gasteiger charge is 2.69. The molecule has 0 spiro atoms. The molecule has 0 aromatic rings. The van der Waals surface area contributed by atoms with Crippen LogP contribution in [0.5, 0.6) is 0 Å². The van der Waals surface area contributed by atoms with E-state index in [1.165, 1.54) is 11.0 Å². The van der Waals surface area contributed by atoms with E-state index in [1.54, 1.807) is 39.8 Å². The summed E-state index contributed by atoms with van der Waals surface area (Å²) < 4.78 is 5.39. The third-order valence-electron chi connectivity index (χ3n) is 7.41. The van der Waals surface area contributed by atoms with E-state index in [2.05, 4.69) is 36.4 Å². The number of allylic oxidation sites excluding steroid dienone is 1. The number of rotatable bonds is 10. The van der Waals surface area contributed by atoms with Crippen molar-refractivity contribution in [2.24, 2.45) is 22.7 Å². The first kappa shape index (κ1) is 32.0. The second kappa shape index (κ2) is 11.9. The van der Waals surface area contributed by atoms with Crippen LogP contribution in [-0.2, 0) is 23.9 Å². The minimum Gasteiger partial charge on any atom is -0.444 e. The molecule has 0 aromatic heterocycles. The largest absolute Gasteiger partial charge is 0.444 e. The Kier molecular flexibility index (Phi) is 9.79. The summed E-state index contributed by atoms with van der Waals surface area (Å²) in [5, 5.41) is 7.92. The molecule has 1 unspecified atom stereocenters. The number of amides is 4. The van der Waals surface area contributed by atoms with E-state index in [-0.39, 0.29) is 30.2 Å². The molecule has 2 rings (SSSR count). The molecule has 0 radical (unpaired) electrons. The molecular weight excluding hydrogens is 500 g/mol. The van der Waals surface area contributed by atoms with Crippen LogP contribution in [0.25, 0.3) is 0 Å². The van der Waals surface area contributed by atoms with Gasteiger partial charge in [-0.2, -0.15) is 0 Å². The molecule has 2 fully saturated rings. The maximum absolute atomic E-state index is 13.9. The topological polar surface area (TPSA) is 134 Å². The Morgan fingerprint density at radius 3 is 2.21 bits per heavy atom. The molecule has 0 aromatic carbocycles. The number of carbonyl (C=O) groups excluding carboxylic acids is 5. The van der Waals surface area contributed by atoms with Gasteiger partial charge in [-0.05, 0) is 56.8 Å². The number of alkyl carbamates (subject to hydrolysis) is 1. The number of carbonyl (C=O) groups is 5. The summed E-state index contributed by atoms with van der Waals surface area (Å²) in [5.41, 5.74) is -1.59. The molecule has 1 aliphatic carbocycles. The van der Waals surface area contributed by atoms with Crippen LogP contribution in [-0.4, -0.2) is 71.3 Å². The summed E-state index contributed by atoms with van der Waals surface area (Å²) >= 11 is 0. The highest BCUT2D eigenvalue weighted by molar-refractivity contribution is 6.38. The quantitative estimate of drug-likeness (QED) is 0.285. The molecule has 1 heterocycles. The minimum atomic E-state index is -1.09. The fourth-order valence-corrected chi connectivity index (χ4v) is 5.22. The smallest absolute Gasteiger partial charge is 0.408 e. The first-order valence-corrected chi connectivity index (χ1v) is 13.5. The Balaban J connectivity index is 2.33. The number of likely N-dealkylation sites (tertiary alicyclic amines) is 1. The molecule has 5 atom stereocenters. The van der Waals surface area contributed by atoms with Crippen LogP contribution in [0.15, 0.2) is 24.8 Å². The predicted molar refractivity (Wildman–Crippen MR) is 148 cm³/mol. The summed E-state index contributed by atoms with van der Waals surface area (Å²) in [4.78, 5) is 67.0. The van der Waals surface area contributed by atoms with Gasteiger partial charge in [-0.25, -0.2) is 4.79 Å². The zero-order valence-electron chi connectivity index (χ0n) is 24.8. The van der Waals surface area contributed by atoms with Gasteiger partial charge >= 0.3 is 6.09 Å². The van der Waals surface area contributed by atoms with Crippen LogP contribution in [0.1, 0.15) is 68.7 Å². The molecule has 10 nitrogen and oxygen atoms in total. The number of Topliss-reactive ketones (excluding diaryl/α,β-unsaturated/α-hetero) is 1. The first-order chi connectivity index (χ1) is 17.9. The number of fused-ring (bicyclic) bond motifs is 1. The van der Waals surface area contributed by atoms with Gasteiger partial charge in [0.15, 0.2) is 0 Å². The third kappa shape index (κ3) is 7.70. The van der Waals surface area contributed by atoms with E-state index in [4.69, 9.17) is 4.74 Å². The predicted octanol–water partition coefficient (Wildman–Crippen LogP) is 2.73. The number of nitrogens with zero attached hydrogens (tertiary/aromatic N) is 1. The second-order valence-electron chi connectivity index (χ2n) is 13.1. The average molecular weight is 547 g/mol. The summed E-state index contributed by atoms with van der Waals surface area (Å²) in [7, 11) is 0. The molecule has 0 bridgehead atoms. The van der Waals surface area contributed by atoms with Crippen LogP contribution in [0, 0.1) is 22.7 Å². The van der Waals surface area contributed by atoms with Crippen LogP contribution in [0.4, 0.5) is 4.79 Å². The molecule has 10 heteroatoms. The Labute approximate surface area is 232 Å². The van der Waals surface area contributed by atoms with Crippen molar-refractivity contribution in [3.63, 3.8) is 0 Å². The zero-order chi connectivity index (χ0) is 29.9. The van der Waals surface area contributed by atoms with Crippen molar-refractivity contribution in [1.82, 2.24) is 20.9 Å². The summed E-state index contributed by atoms with van der Waals surface area (Å²) in [6.45, 7) is 20.6. The Bertz CT molecular complexity index is 1020. The Hall–Kier alpha value is -3.17. The lowest BCUT2D eigenvalue weighted by Crippen LogP contribution is -2.60. The highest BCUT2D eigenvalue weighted by Crippen LogP contribution is 2.65. The van der Waals surface area contributed by atoms with Crippen LogP contribution < -0.4 is 16.0 Å². The van der Waals surface area contributed by atoms with E-state index < -0.39 is 58.7 Å². The summed E-state index contributed by atoms with van der Waals surface area (Å²) in [5.74, 6) is -2.49. The minimum absolute atomic E-state index is 0.0972. The molecule has 39 heavy (non-hydrogen) atoms. The van der Waals surface area contributed by atoms with Crippen molar-refractivity contribution in [2.45, 2.75) is 92.5 Å². The van der Waals surface area contributed by atoms with Crippen LogP contribution >= 0.6 is 0 Å². The number of piperidine rings is 1. The van der Waals surface area contributed by atoms with E-state index >= 15 is 0 Å². The number of hydrogen-bond acceptors (Lipinski definition) is 6. The lowest BCUT2D eigenvalue weighted by molar-refractivity contribution is -0.145. The second-order valence-corrected chi connectivity index (χ2v) is 13.1. The number of ketones is 1. The molecule has 2 aliphatic rings. The highest BCUT2D eigenvalue weighted by atomic mass is 16.6. The van der Waals surface area contributed by atoms with Gasteiger partial charge in [-0.1, -0.05) is 52.8 Å². The lowest BCUT2D eigenvalue weighted by atomic mass is 9.85. The Morgan fingerprint density at radius 2 is 1.69 bits per heavy atom. The normalized spacial score (nSPS) is 23.3. The van der Waals surface area contributed by atoms with Gasteiger partial charge in [0.05, 0.1) is 0 Å². The lowest BCUT2D eigenvalue weighted by Gasteiger charge is -2.38. The van der Waals surface area contributed by atoms with Gasteiger partial charge in [0.25, 0.3) is 5.91 Å². The van der Waals surface area contributed by atoms with Gasteiger partial charge in [-0.3, -0.25) is 19.2 Å². The maximum Gasteiger partial charge on any atom is 0.408 e. The number of ether oxygens (including phenoxy) is 1. The van der Waals surface area contributed by atoms with E-state index in [9.17, 15) is 24.0 Å². The molecule has 4 amide bonds. The van der Waals surface area contributed by atoms with Crippen molar-refractivity contribution in [3.05, 3.63) is 24.8 Å². The van der Waals surface area contributed by atoms with Gasteiger partial charge in [0.2, 0.25) is 17.6 Å². The summed E-state index contributed by atoms with van der Waals surface area (Å²) in [6.07, 6.45) is 4.30. The molecule has 1 saturated heterocycles. The monoisotopic (exact) mass is 546 g/mol. The van der Waals surface area contributed by atoms with Gasteiger partial charge < -0.3 is 25.6 Å². The van der Waals surface area contributed by atoms with Crippen molar-refractivity contribution in [2.75, 3.05) is 13.1 Å². The fraction of sp³-hybridized carbons (Fsp3) is 0.690. The Morgan fingerprint density at radius 1 is 1.08 bits per heavy atom. The van der Waals surface area contributed by atoms with Gasteiger partial charge in [-0.15, -0.1) is 6.58 Å². The molecule has 1 saturated carbocycles. The zero-order valence-corrected chi connectivity index (χ0v) is 24.8. The van der Waals surface area contributed by atoms with Gasteiger partial charge in [0, 0.05) is 13.1 Å². The molecule has 218 valence electrons. The van der Waals surface area contributed by atoms with Crippen LogP contribution in [0.2, 0.25) is 0 Å².